The van der Waals surface area contributed by atoms with Crippen molar-refractivity contribution in [3.8, 4) is 16.9 Å². The summed E-state index contributed by atoms with van der Waals surface area (Å²) in [6, 6.07) is 10.6. The van der Waals surface area contributed by atoms with Gasteiger partial charge < -0.3 is 14.6 Å². The van der Waals surface area contributed by atoms with Crippen LogP contribution in [0, 0.1) is 11.7 Å². The maximum atomic E-state index is 15.2. The fourth-order valence-electron chi connectivity index (χ4n) is 6.39. The van der Waals surface area contributed by atoms with Crippen LogP contribution in [0.3, 0.4) is 0 Å². The highest BCUT2D eigenvalue weighted by Gasteiger charge is 2.36. The average Bonchev–Trinajstić information content (AvgIpc) is 3.26. The number of aryl methyl sites for hydroxylation is 1. The van der Waals surface area contributed by atoms with Gasteiger partial charge in [-0.1, -0.05) is 32.1 Å². The lowest BCUT2D eigenvalue weighted by molar-refractivity contribution is 0.128. The number of phenolic OH excluding ortho intramolecular Hbond substituents is 1. The van der Waals surface area contributed by atoms with E-state index in [0.29, 0.717) is 17.5 Å². The van der Waals surface area contributed by atoms with Gasteiger partial charge in [0, 0.05) is 73.9 Å². The molecule has 1 saturated heterocycles. The minimum absolute atomic E-state index is 0.0738. The predicted octanol–water partition coefficient (Wildman–Crippen LogP) is 6.54. The standard InChI is InChI=1S/C33H42ClFN4O2/c1-21(2)26-17-23(18-29(34)30(26)39-15-10-36(6)32(39)41)28-20-24(35)19-27(31(28)40)22-8-7-9-25(16-22)37-11-13-38(14-12-37)33(3,4)5/h7-10,15-17,19-21,23,29-30,40H,11-14,18H2,1-6H3. The highest BCUT2D eigenvalue weighted by Crippen LogP contribution is 2.46. The molecule has 2 heterocycles. The van der Waals surface area contributed by atoms with E-state index in [1.165, 1.54) is 16.7 Å². The van der Waals surface area contributed by atoms with Crippen LogP contribution in [-0.4, -0.2) is 56.2 Å². The summed E-state index contributed by atoms with van der Waals surface area (Å²) in [5.74, 6) is -0.496. The van der Waals surface area contributed by atoms with Gasteiger partial charge in [-0.15, -0.1) is 11.6 Å². The summed E-state index contributed by atoms with van der Waals surface area (Å²) in [5, 5.41) is 11.2. The van der Waals surface area contributed by atoms with Crippen molar-refractivity contribution in [2.75, 3.05) is 31.1 Å². The van der Waals surface area contributed by atoms with Crippen LogP contribution in [0.2, 0.25) is 0 Å². The van der Waals surface area contributed by atoms with Gasteiger partial charge >= 0.3 is 5.69 Å². The van der Waals surface area contributed by atoms with E-state index in [0.717, 1.165) is 43.0 Å². The highest BCUT2D eigenvalue weighted by atomic mass is 35.5. The second kappa shape index (κ2) is 11.3. The normalized spacial score (nSPS) is 22.3. The number of aromatic hydroxyl groups is 1. The van der Waals surface area contributed by atoms with Crippen molar-refractivity contribution in [2.24, 2.45) is 13.0 Å². The molecule has 1 fully saturated rings. The molecule has 2 aliphatic rings. The molecule has 3 atom stereocenters. The van der Waals surface area contributed by atoms with E-state index >= 15 is 4.39 Å². The molecule has 41 heavy (non-hydrogen) atoms. The van der Waals surface area contributed by atoms with Crippen molar-refractivity contribution in [3.63, 3.8) is 0 Å². The highest BCUT2D eigenvalue weighted by molar-refractivity contribution is 6.21. The number of allylic oxidation sites excluding steroid dienone is 2. The fourth-order valence-corrected chi connectivity index (χ4v) is 6.85. The van der Waals surface area contributed by atoms with E-state index in [-0.39, 0.29) is 34.9 Å². The zero-order valence-electron chi connectivity index (χ0n) is 24.9. The summed E-state index contributed by atoms with van der Waals surface area (Å²) in [4.78, 5) is 17.6. The molecule has 1 aliphatic carbocycles. The predicted molar refractivity (Wildman–Crippen MR) is 166 cm³/mol. The van der Waals surface area contributed by atoms with Gasteiger partial charge in [0.1, 0.15) is 11.6 Å². The van der Waals surface area contributed by atoms with Gasteiger partial charge in [0.2, 0.25) is 0 Å². The summed E-state index contributed by atoms with van der Waals surface area (Å²) >= 11 is 6.98. The van der Waals surface area contributed by atoms with E-state index in [2.05, 4.69) is 56.6 Å². The number of alkyl halides is 1. The number of imidazole rings is 1. The molecule has 1 N–H and O–H groups in total. The third-order valence-electron chi connectivity index (χ3n) is 8.75. The molecule has 8 heteroatoms. The minimum atomic E-state index is -0.399. The molecule has 2 aromatic carbocycles. The molecule has 0 bridgehead atoms. The van der Waals surface area contributed by atoms with Crippen molar-refractivity contribution >= 4 is 17.3 Å². The maximum absolute atomic E-state index is 15.2. The van der Waals surface area contributed by atoms with Crippen molar-refractivity contribution in [2.45, 2.75) is 63.9 Å². The van der Waals surface area contributed by atoms with Gasteiger partial charge in [0.25, 0.3) is 0 Å². The second-order valence-electron chi connectivity index (χ2n) is 12.8. The fraction of sp³-hybridized carbons (Fsp3) is 0.485. The molecule has 0 spiro atoms. The SMILES string of the molecule is CC(C)C1=CC(c2cc(F)cc(-c3cccc(N4CCN(C(C)(C)C)CC4)c3)c2O)CC(Cl)C1n1ccn(C)c1=O. The second-order valence-corrected chi connectivity index (χ2v) is 13.4. The molecule has 5 rings (SSSR count). The van der Waals surface area contributed by atoms with Crippen molar-refractivity contribution in [1.29, 1.82) is 0 Å². The molecule has 0 radical (unpaired) electrons. The summed E-state index contributed by atoms with van der Waals surface area (Å²) in [7, 11) is 1.72. The monoisotopic (exact) mass is 580 g/mol. The lowest BCUT2D eigenvalue weighted by atomic mass is 9.78. The maximum Gasteiger partial charge on any atom is 0.328 e. The number of hydrogen-bond donors (Lipinski definition) is 1. The zero-order valence-corrected chi connectivity index (χ0v) is 25.7. The van der Waals surface area contributed by atoms with E-state index in [4.69, 9.17) is 11.6 Å². The Labute approximate surface area is 247 Å². The number of nitrogens with zero attached hydrogens (tertiary/aromatic N) is 4. The Balaban J connectivity index is 1.48. The lowest BCUT2D eigenvalue weighted by Gasteiger charge is -2.43. The number of aromatic nitrogens is 2. The van der Waals surface area contributed by atoms with Crippen molar-refractivity contribution in [1.82, 2.24) is 14.0 Å². The summed E-state index contributed by atoms with van der Waals surface area (Å²) < 4.78 is 18.4. The molecular formula is C33H42ClFN4O2. The topological polar surface area (TPSA) is 53.6 Å². The quantitative estimate of drug-likeness (QED) is 0.275. The molecule has 6 nitrogen and oxygen atoms in total. The average molecular weight is 581 g/mol. The molecular weight excluding hydrogens is 539 g/mol. The van der Waals surface area contributed by atoms with Gasteiger partial charge in [-0.3, -0.25) is 9.47 Å². The van der Waals surface area contributed by atoms with Gasteiger partial charge in [-0.2, -0.15) is 0 Å². The van der Waals surface area contributed by atoms with Gasteiger partial charge in [0.15, 0.2) is 0 Å². The van der Waals surface area contributed by atoms with E-state index in [1.807, 2.05) is 18.2 Å². The van der Waals surface area contributed by atoms with Crippen LogP contribution < -0.4 is 10.6 Å². The molecule has 220 valence electrons. The van der Waals surface area contributed by atoms with Crippen LogP contribution in [0.15, 0.2) is 65.2 Å². The summed E-state index contributed by atoms with van der Waals surface area (Å²) in [6.45, 7) is 14.7. The number of benzene rings is 2. The van der Waals surface area contributed by atoms with E-state index in [1.54, 1.807) is 24.0 Å². The number of hydrogen-bond acceptors (Lipinski definition) is 4. The van der Waals surface area contributed by atoms with E-state index < -0.39 is 11.2 Å². The largest absolute Gasteiger partial charge is 0.507 e. The van der Waals surface area contributed by atoms with Crippen molar-refractivity contribution in [3.05, 3.63) is 82.3 Å². The minimum Gasteiger partial charge on any atom is -0.507 e. The van der Waals surface area contributed by atoms with Crippen molar-refractivity contribution < 1.29 is 9.50 Å². The van der Waals surface area contributed by atoms with Gasteiger partial charge in [-0.25, -0.2) is 9.18 Å². The third kappa shape index (κ3) is 5.84. The Hall–Kier alpha value is -3.03. The Morgan fingerprint density at radius 2 is 1.76 bits per heavy atom. The number of rotatable bonds is 5. The first-order chi connectivity index (χ1) is 19.3. The smallest absolute Gasteiger partial charge is 0.328 e. The number of piperazine rings is 1. The van der Waals surface area contributed by atoms with Gasteiger partial charge in [-0.05, 0) is 68.5 Å². The number of phenols is 1. The van der Waals surface area contributed by atoms with Gasteiger partial charge in [0.05, 0.1) is 11.4 Å². The Morgan fingerprint density at radius 1 is 1.05 bits per heavy atom. The van der Waals surface area contributed by atoms with Crippen LogP contribution in [0.25, 0.3) is 11.1 Å². The first-order valence-corrected chi connectivity index (χ1v) is 15.0. The van der Waals surface area contributed by atoms with Crippen LogP contribution in [-0.2, 0) is 7.05 Å². The zero-order chi connectivity index (χ0) is 29.6. The Bertz CT molecular complexity index is 1490. The first kappa shape index (κ1) is 29.5. The van der Waals surface area contributed by atoms with Crippen LogP contribution >= 0.6 is 11.6 Å². The molecule has 3 aromatic rings. The molecule has 0 saturated carbocycles. The lowest BCUT2D eigenvalue weighted by Crippen LogP contribution is -2.53. The summed E-state index contributed by atoms with van der Waals surface area (Å²) in [5.41, 5.74) is 3.86. The summed E-state index contributed by atoms with van der Waals surface area (Å²) in [6.07, 6.45) is 6.06. The molecule has 3 unspecified atom stereocenters. The molecule has 0 amide bonds. The third-order valence-corrected chi connectivity index (χ3v) is 9.17. The Morgan fingerprint density at radius 3 is 2.37 bits per heavy atom. The molecule has 1 aromatic heterocycles. The van der Waals surface area contributed by atoms with Crippen LogP contribution in [0.4, 0.5) is 10.1 Å². The van der Waals surface area contributed by atoms with Crippen LogP contribution in [0.1, 0.15) is 58.6 Å². The van der Waals surface area contributed by atoms with Crippen LogP contribution in [0.5, 0.6) is 5.75 Å². The van der Waals surface area contributed by atoms with E-state index in [9.17, 15) is 9.90 Å². The molecule has 1 aliphatic heterocycles. The number of anilines is 1. The number of halogens is 2. The first-order valence-electron chi connectivity index (χ1n) is 14.6. The Kier molecular flexibility index (Phi) is 8.14.